The maximum atomic E-state index is 10.9. The van der Waals surface area contributed by atoms with Crippen molar-refractivity contribution in [2.45, 2.75) is 45.6 Å². The summed E-state index contributed by atoms with van der Waals surface area (Å²) in [5, 5.41) is 0. The second-order valence-corrected chi connectivity index (χ2v) is 5.22. The first-order valence-electron chi connectivity index (χ1n) is 6.56. The second-order valence-electron chi connectivity index (χ2n) is 5.22. The van der Waals surface area contributed by atoms with Crippen LogP contribution in [0.1, 0.15) is 39.5 Å². The maximum absolute atomic E-state index is 10.9. The van der Waals surface area contributed by atoms with Gasteiger partial charge in [-0.05, 0) is 19.8 Å². The van der Waals surface area contributed by atoms with Crippen LogP contribution in [-0.4, -0.2) is 43.7 Å². The van der Waals surface area contributed by atoms with Crippen LogP contribution in [0.15, 0.2) is 12.7 Å². The van der Waals surface area contributed by atoms with Crippen molar-refractivity contribution in [3.63, 3.8) is 0 Å². The number of carbonyl (C=O) groups is 1. The summed E-state index contributed by atoms with van der Waals surface area (Å²) in [4.78, 5) is 10.9. The van der Waals surface area contributed by atoms with E-state index in [0.29, 0.717) is 12.6 Å². The van der Waals surface area contributed by atoms with Gasteiger partial charge in [0.2, 0.25) is 0 Å². The fourth-order valence-corrected chi connectivity index (χ4v) is 1.70. The van der Waals surface area contributed by atoms with E-state index in [0.717, 1.165) is 11.0 Å². The van der Waals surface area contributed by atoms with Crippen molar-refractivity contribution in [2.75, 3.05) is 27.2 Å². The molecule has 1 atom stereocenters. The number of ether oxygens (including phenoxy) is 1. The molecule has 0 aromatic heterocycles. The van der Waals surface area contributed by atoms with Crippen molar-refractivity contribution in [3.8, 4) is 0 Å². The Morgan fingerprint density at radius 3 is 2.50 bits per heavy atom. The fraction of sp³-hybridized carbons (Fsp3) is 0.786. The van der Waals surface area contributed by atoms with E-state index >= 15 is 0 Å². The van der Waals surface area contributed by atoms with Gasteiger partial charge in [0.15, 0.2) is 0 Å². The van der Waals surface area contributed by atoms with E-state index in [-0.39, 0.29) is 18.4 Å². The zero-order valence-corrected chi connectivity index (χ0v) is 13.0. The van der Waals surface area contributed by atoms with Crippen LogP contribution in [0.5, 0.6) is 0 Å². The second kappa shape index (κ2) is 10.4. The van der Waals surface area contributed by atoms with Gasteiger partial charge in [0.1, 0.15) is 13.2 Å². The molecule has 0 saturated heterocycles. The average Bonchev–Trinajstić information content (AvgIpc) is 2.28. The lowest BCUT2D eigenvalue weighted by Gasteiger charge is -2.36. The van der Waals surface area contributed by atoms with Crippen LogP contribution in [0, 0.1) is 0 Å². The van der Waals surface area contributed by atoms with E-state index in [1.54, 1.807) is 0 Å². The van der Waals surface area contributed by atoms with E-state index in [1.165, 1.54) is 31.8 Å². The van der Waals surface area contributed by atoms with Crippen molar-refractivity contribution in [2.24, 2.45) is 0 Å². The number of hydrogen-bond acceptors (Lipinski definition) is 2. The van der Waals surface area contributed by atoms with Crippen molar-refractivity contribution >= 4 is 5.97 Å². The Hall–Kier alpha value is -0.540. The zero-order valence-electron chi connectivity index (χ0n) is 12.2. The summed E-state index contributed by atoms with van der Waals surface area (Å²) in [6.45, 7) is 9.19. The molecule has 0 aliphatic rings. The number of carbonyl (C=O) groups excluding carboxylic acids is 1. The molecule has 0 saturated carbocycles. The number of likely N-dealkylation sites (N-methyl/N-ethyl adjacent to an activating group) is 1. The van der Waals surface area contributed by atoms with Gasteiger partial charge in [-0.3, -0.25) is 0 Å². The molecule has 0 aliphatic heterocycles. The Morgan fingerprint density at radius 2 is 2.00 bits per heavy atom. The van der Waals surface area contributed by atoms with E-state index in [1.807, 2.05) is 0 Å². The SMILES string of the molecule is C=CC(=O)OCC[N+](C)(C)C(C)CCCCC.[Cl-]. The molecule has 1 unspecified atom stereocenters. The number of unbranched alkanes of at least 4 members (excludes halogenated alkanes) is 2. The average molecular weight is 278 g/mol. The van der Waals surface area contributed by atoms with E-state index < -0.39 is 0 Å². The lowest BCUT2D eigenvalue weighted by molar-refractivity contribution is -0.913. The van der Waals surface area contributed by atoms with E-state index in [2.05, 4.69) is 34.5 Å². The molecule has 4 heteroatoms. The van der Waals surface area contributed by atoms with Crippen LogP contribution < -0.4 is 12.4 Å². The monoisotopic (exact) mass is 277 g/mol. The first kappa shape index (κ1) is 19.8. The molecular formula is C14H28ClNO2. The molecule has 108 valence electrons. The van der Waals surface area contributed by atoms with Gasteiger partial charge < -0.3 is 21.6 Å². The number of rotatable bonds is 9. The van der Waals surface area contributed by atoms with Gasteiger partial charge in [0.05, 0.1) is 20.1 Å². The van der Waals surface area contributed by atoms with Crippen molar-refractivity contribution in [3.05, 3.63) is 12.7 Å². The van der Waals surface area contributed by atoms with Gasteiger partial charge in [0, 0.05) is 6.08 Å². The predicted octanol–water partition coefficient (Wildman–Crippen LogP) is -0.235. The molecule has 0 bridgehead atoms. The van der Waals surface area contributed by atoms with Crippen LogP contribution in [0.3, 0.4) is 0 Å². The van der Waals surface area contributed by atoms with Crippen molar-refractivity contribution in [1.82, 2.24) is 0 Å². The van der Waals surface area contributed by atoms with Gasteiger partial charge in [-0.15, -0.1) is 0 Å². The highest BCUT2D eigenvalue weighted by atomic mass is 35.5. The Balaban J connectivity index is 0. The standard InChI is InChI=1S/C14H28NO2.ClH/c1-6-8-9-10-13(3)15(4,5)11-12-17-14(16)7-2;/h7,13H,2,6,8-12H2,1,3-5H3;1H/q+1;/p-1. The fourth-order valence-electron chi connectivity index (χ4n) is 1.70. The molecule has 0 amide bonds. The lowest BCUT2D eigenvalue weighted by atomic mass is 10.1. The molecule has 0 rings (SSSR count). The van der Waals surface area contributed by atoms with Crippen LogP contribution >= 0.6 is 0 Å². The normalized spacial score (nSPS) is 12.4. The summed E-state index contributed by atoms with van der Waals surface area (Å²) in [7, 11) is 4.39. The molecular weight excluding hydrogens is 250 g/mol. The van der Waals surface area contributed by atoms with Crippen LogP contribution in [-0.2, 0) is 9.53 Å². The molecule has 0 aliphatic carbocycles. The molecule has 0 spiro atoms. The minimum Gasteiger partial charge on any atom is -1.00 e. The van der Waals surface area contributed by atoms with Crippen LogP contribution in [0.4, 0.5) is 0 Å². The number of esters is 1. The highest BCUT2D eigenvalue weighted by Crippen LogP contribution is 2.14. The minimum atomic E-state index is -0.330. The van der Waals surface area contributed by atoms with Gasteiger partial charge in [-0.1, -0.05) is 26.3 Å². The summed E-state index contributed by atoms with van der Waals surface area (Å²) < 4.78 is 5.93. The van der Waals surface area contributed by atoms with Crippen molar-refractivity contribution in [1.29, 1.82) is 0 Å². The van der Waals surface area contributed by atoms with Gasteiger partial charge in [0.25, 0.3) is 0 Å². The minimum absolute atomic E-state index is 0. The van der Waals surface area contributed by atoms with Gasteiger partial charge >= 0.3 is 5.97 Å². The number of hydrogen-bond donors (Lipinski definition) is 0. The Labute approximate surface area is 118 Å². The molecule has 0 radical (unpaired) electrons. The van der Waals surface area contributed by atoms with E-state index in [4.69, 9.17) is 4.74 Å². The number of quaternary nitrogens is 1. The third-order valence-corrected chi connectivity index (χ3v) is 3.50. The van der Waals surface area contributed by atoms with Gasteiger partial charge in [-0.25, -0.2) is 4.79 Å². The summed E-state index contributed by atoms with van der Waals surface area (Å²) in [5.41, 5.74) is 0. The third kappa shape index (κ3) is 8.54. The largest absolute Gasteiger partial charge is 1.00 e. The first-order chi connectivity index (χ1) is 7.94. The molecule has 0 aromatic carbocycles. The maximum Gasteiger partial charge on any atom is 0.330 e. The van der Waals surface area contributed by atoms with Crippen LogP contribution in [0.25, 0.3) is 0 Å². The molecule has 3 nitrogen and oxygen atoms in total. The highest BCUT2D eigenvalue weighted by Gasteiger charge is 2.23. The molecule has 0 N–H and O–H groups in total. The molecule has 18 heavy (non-hydrogen) atoms. The van der Waals surface area contributed by atoms with E-state index in [9.17, 15) is 4.79 Å². The topological polar surface area (TPSA) is 26.3 Å². The summed E-state index contributed by atoms with van der Waals surface area (Å²) in [6, 6.07) is 0.601. The highest BCUT2D eigenvalue weighted by molar-refractivity contribution is 5.81. The number of halogens is 1. The first-order valence-corrected chi connectivity index (χ1v) is 6.56. The quantitative estimate of drug-likeness (QED) is 0.252. The summed E-state index contributed by atoms with van der Waals surface area (Å²) >= 11 is 0. The summed E-state index contributed by atoms with van der Waals surface area (Å²) in [5.74, 6) is -0.330. The molecule has 0 fully saturated rings. The molecule has 0 aromatic rings. The smallest absolute Gasteiger partial charge is 0.330 e. The summed E-state index contributed by atoms with van der Waals surface area (Å²) in [6.07, 6.45) is 6.29. The lowest BCUT2D eigenvalue weighted by Crippen LogP contribution is -3.00. The van der Waals surface area contributed by atoms with Crippen LogP contribution in [0.2, 0.25) is 0 Å². The van der Waals surface area contributed by atoms with Crippen molar-refractivity contribution < 1.29 is 26.4 Å². The Morgan fingerprint density at radius 1 is 1.39 bits per heavy atom. The third-order valence-electron chi connectivity index (χ3n) is 3.50. The Kier molecular flexibility index (Phi) is 11.4. The Bertz CT molecular complexity index is 242. The van der Waals surface area contributed by atoms with Gasteiger partial charge in [-0.2, -0.15) is 0 Å². The predicted molar refractivity (Wildman–Crippen MR) is 71.7 cm³/mol. The zero-order chi connectivity index (χ0) is 13.3. The number of nitrogens with zero attached hydrogens (tertiary/aromatic N) is 1. The molecule has 0 heterocycles.